The summed E-state index contributed by atoms with van der Waals surface area (Å²) in [6.07, 6.45) is 6.15. The minimum absolute atomic E-state index is 0.0183. The van der Waals surface area contributed by atoms with Gasteiger partial charge >= 0.3 is 5.97 Å². The number of aromatic nitrogens is 2. The summed E-state index contributed by atoms with van der Waals surface area (Å²) in [5, 5.41) is 0. The van der Waals surface area contributed by atoms with Gasteiger partial charge in [0.1, 0.15) is 5.69 Å². The van der Waals surface area contributed by atoms with Crippen LogP contribution < -0.4 is 0 Å². The average Bonchev–Trinajstić information content (AvgIpc) is 3.00. The van der Waals surface area contributed by atoms with Gasteiger partial charge in [-0.1, -0.05) is 6.42 Å². The van der Waals surface area contributed by atoms with Crippen molar-refractivity contribution in [3.8, 4) is 0 Å². The van der Waals surface area contributed by atoms with Crippen LogP contribution in [0.25, 0.3) is 0 Å². The van der Waals surface area contributed by atoms with Crippen molar-refractivity contribution >= 4 is 17.7 Å². The molecule has 0 saturated heterocycles. The number of Topliss-reactive ketones (excluding diaryl/α,β-unsaturated/α-hetero) is 1. The molecule has 1 atom stereocenters. The maximum Gasteiger partial charge on any atom is 0.355 e. The molecule has 1 aliphatic rings. The highest BCUT2D eigenvalue weighted by atomic mass is 16.5. The molecule has 3 rings (SSSR count). The number of hydrogen-bond donors (Lipinski definition) is 0. The Labute approximate surface area is 189 Å². The van der Waals surface area contributed by atoms with E-state index in [2.05, 4.69) is 4.98 Å². The van der Waals surface area contributed by atoms with E-state index in [-0.39, 0.29) is 24.2 Å². The Morgan fingerprint density at radius 1 is 1.19 bits per heavy atom. The van der Waals surface area contributed by atoms with Crippen LogP contribution in [0.2, 0.25) is 0 Å². The zero-order valence-corrected chi connectivity index (χ0v) is 19.7. The van der Waals surface area contributed by atoms with Gasteiger partial charge in [-0.3, -0.25) is 14.6 Å². The van der Waals surface area contributed by atoms with Crippen LogP contribution in [0.3, 0.4) is 0 Å². The normalized spacial score (nSPS) is 14.5. The molecule has 2 heterocycles. The monoisotopic (exact) mass is 439 g/mol. The summed E-state index contributed by atoms with van der Waals surface area (Å²) in [5.74, 6) is -0.588. The summed E-state index contributed by atoms with van der Waals surface area (Å²) >= 11 is 0. The summed E-state index contributed by atoms with van der Waals surface area (Å²) in [6, 6.07) is 3.07. The molecule has 7 heteroatoms. The lowest BCUT2D eigenvalue weighted by atomic mass is 9.83. The first-order valence-corrected chi connectivity index (χ1v) is 11.4. The molecule has 0 aromatic carbocycles. The lowest BCUT2D eigenvalue weighted by molar-refractivity contribution is -0.140. The molecule has 1 saturated carbocycles. The Morgan fingerprint density at radius 3 is 2.38 bits per heavy atom. The lowest BCUT2D eigenvalue weighted by Gasteiger charge is -2.35. The number of rotatable bonds is 9. The van der Waals surface area contributed by atoms with Crippen molar-refractivity contribution in [3.63, 3.8) is 0 Å². The Balaban J connectivity index is 1.98. The quantitative estimate of drug-likeness (QED) is 0.434. The fourth-order valence-electron chi connectivity index (χ4n) is 4.45. The van der Waals surface area contributed by atoms with Gasteiger partial charge in [-0.05, 0) is 70.7 Å². The van der Waals surface area contributed by atoms with E-state index in [9.17, 15) is 14.4 Å². The van der Waals surface area contributed by atoms with Crippen LogP contribution >= 0.6 is 0 Å². The number of hydrogen-bond acceptors (Lipinski definition) is 5. The Morgan fingerprint density at radius 2 is 1.84 bits per heavy atom. The summed E-state index contributed by atoms with van der Waals surface area (Å²) in [4.78, 5) is 45.4. The molecule has 172 valence electrons. The maximum atomic E-state index is 13.7. The molecule has 1 aliphatic carbocycles. The Hall–Kier alpha value is -2.96. The highest BCUT2D eigenvalue weighted by molar-refractivity contribution is 6.06. The summed E-state index contributed by atoms with van der Waals surface area (Å²) in [7, 11) is 0. The van der Waals surface area contributed by atoms with E-state index in [0.717, 1.165) is 30.5 Å². The zero-order chi connectivity index (χ0) is 23.4. The molecular formula is C25H33N3O4. The van der Waals surface area contributed by atoms with E-state index in [1.165, 1.54) is 0 Å². The van der Waals surface area contributed by atoms with Crippen molar-refractivity contribution in [2.45, 2.75) is 73.0 Å². The van der Waals surface area contributed by atoms with Gasteiger partial charge in [0.2, 0.25) is 5.91 Å². The third kappa shape index (κ3) is 4.47. The number of amides is 1. The van der Waals surface area contributed by atoms with Crippen molar-refractivity contribution in [2.24, 2.45) is 5.92 Å². The van der Waals surface area contributed by atoms with Crippen LogP contribution in [0.15, 0.2) is 24.5 Å². The highest BCUT2D eigenvalue weighted by Gasteiger charge is 2.36. The van der Waals surface area contributed by atoms with Gasteiger partial charge in [0, 0.05) is 42.7 Å². The molecule has 2 aromatic heterocycles. The third-order valence-electron chi connectivity index (χ3n) is 6.48. The number of ether oxygens (including phenoxy) is 1. The molecule has 2 aromatic rings. The number of ketones is 1. The van der Waals surface area contributed by atoms with Gasteiger partial charge in [0.25, 0.3) is 0 Å². The van der Waals surface area contributed by atoms with Crippen molar-refractivity contribution in [1.82, 2.24) is 14.5 Å². The standard InChI is InChI=1S/C25H33N3O4/c1-6-27-17(4)21(16(3)22(27)25(31)32-7-2)23(29)18(5)28(24(30)20-9-8-10-20)15-19-11-13-26-14-12-19/h11-14,18,20H,6-10,15H2,1-5H3. The zero-order valence-electron chi connectivity index (χ0n) is 19.7. The largest absolute Gasteiger partial charge is 0.461 e. The van der Waals surface area contributed by atoms with Gasteiger partial charge in [0.15, 0.2) is 5.78 Å². The molecule has 7 nitrogen and oxygen atoms in total. The predicted octanol–water partition coefficient (Wildman–Crippen LogP) is 4.10. The van der Waals surface area contributed by atoms with Gasteiger partial charge < -0.3 is 14.2 Å². The van der Waals surface area contributed by atoms with Crippen LogP contribution in [-0.4, -0.2) is 44.8 Å². The average molecular weight is 440 g/mol. The SMILES string of the molecule is CCOC(=O)c1c(C)c(C(=O)C(C)N(Cc2ccncc2)C(=O)C2CCC2)c(C)n1CC. The Kier molecular flexibility index (Phi) is 7.48. The third-order valence-corrected chi connectivity index (χ3v) is 6.48. The van der Waals surface area contributed by atoms with Crippen molar-refractivity contribution in [3.05, 3.63) is 52.6 Å². The Bertz CT molecular complexity index is 992. The highest BCUT2D eigenvalue weighted by Crippen LogP contribution is 2.31. The van der Waals surface area contributed by atoms with Gasteiger partial charge in [-0.2, -0.15) is 0 Å². The second-order valence-electron chi connectivity index (χ2n) is 8.39. The molecule has 1 fully saturated rings. The van der Waals surface area contributed by atoms with E-state index in [4.69, 9.17) is 4.74 Å². The van der Waals surface area contributed by atoms with Crippen molar-refractivity contribution in [1.29, 1.82) is 0 Å². The number of pyridine rings is 1. The topological polar surface area (TPSA) is 81.5 Å². The summed E-state index contributed by atoms with van der Waals surface area (Å²) < 4.78 is 7.06. The smallest absolute Gasteiger partial charge is 0.355 e. The van der Waals surface area contributed by atoms with Crippen molar-refractivity contribution in [2.75, 3.05) is 6.61 Å². The van der Waals surface area contributed by atoms with Gasteiger partial charge in [0.05, 0.1) is 12.6 Å². The number of nitrogens with zero attached hydrogens (tertiary/aromatic N) is 3. The fourth-order valence-corrected chi connectivity index (χ4v) is 4.45. The number of carbonyl (C=O) groups excluding carboxylic acids is 3. The van der Waals surface area contributed by atoms with E-state index in [1.54, 1.807) is 38.1 Å². The van der Waals surface area contributed by atoms with Gasteiger partial charge in [-0.25, -0.2) is 4.79 Å². The minimum atomic E-state index is -0.656. The van der Waals surface area contributed by atoms with Crippen molar-refractivity contribution < 1.29 is 19.1 Å². The molecule has 0 radical (unpaired) electrons. The maximum absolute atomic E-state index is 13.7. The van der Waals surface area contributed by atoms with Crippen LogP contribution in [-0.2, 0) is 22.6 Å². The molecule has 1 unspecified atom stereocenters. The van der Waals surface area contributed by atoms with Crippen LogP contribution in [0.4, 0.5) is 0 Å². The van der Waals surface area contributed by atoms with Crippen LogP contribution in [0.1, 0.15) is 77.7 Å². The number of esters is 1. The molecular weight excluding hydrogens is 406 g/mol. The lowest BCUT2D eigenvalue weighted by Crippen LogP contribution is -2.47. The molecule has 1 amide bonds. The summed E-state index contributed by atoms with van der Waals surface area (Å²) in [5.41, 5.74) is 3.18. The molecule has 0 N–H and O–H groups in total. The second-order valence-corrected chi connectivity index (χ2v) is 8.39. The van der Waals surface area contributed by atoms with E-state index in [0.29, 0.717) is 29.9 Å². The molecule has 32 heavy (non-hydrogen) atoms. The first-order chi connectivity index (χ1) is 15.3. The second kappa shape index (κ2) is 10.1. The van der Waals surface area contributed by atoms with E-state index >= 15 is 0 Å². The van der Waals surface area contributed by atoms with Crippen LogP contribution in [0.5, 0.6) is 0 Å². The van der Waals surface area contributed by atoms with Crippen LogP contribution in [0, 0.1) is 19.8 Å². The van der Waals surface area contributed by atoms with E-state index in [1.807, 2.05) is 30.5 Å². The molecule has 0 bridgehead atoms. The molecule has 0 spiro atoms. The van der Waals surface area contributed by atoms with E-state index < -0.39 is 12.0 Å². The summed E-state index contributed by atoms with van der Waals surface area (Å²) in [6.45, 7) is 10.3. The first-order valence-electron chi connectivity index (χ1n) is 11.4. The molecule has 0 aliphatic heterocycles. The predicted molar refractivity (Wildman–Crippen MR) is 121 cm³/mol. The van der Waals surface area contributed by atoms with Gasteiger partial charge in [-0.15, -0.1) is 0 Å². The fraction of sp³-hybridized carbons (Fsp3) is 0.520. The number of carbonyl (C=O) groups is 3. The minimum Gasteiger partial charge on any atom is -0.461 e. The first kappa shape index (κ1) is 23.7.